The van der Waals surface area contributed by atoms with Crippen molar-refractivity contribution in [2.75, 3.05) is 13.2 Å². The first-order valence-corrected chi connectivity index (χ1v) is 10.1. The Morgan fingerprint density at radius 3 is 2.83 bits per heavy atom. The normalized spacial score (nSPS) is 16.3. The maximum absolute atomic E-state index is 11.1. The Bertz CT molecular complexity index is 886. The number of nitrogens with one attached hydrogen (secondary N) is 1. The number of aliphatic hydroxyl groups excluding tert-OH is 1. The Morgan fingerprint density at radius 2 is 2.14 bits per heavy atom. The molecule has 0 heterocycles. The van der Waals surface area contributed by atoms with Crippen LogP contribution in [0.25, 0.3) is 0 Å². The topological polar surface area (TPSA) is 88.0 Å². The van der Waals surface area contributed by atoms with Crippen molar-refractivity contribution in [1.29, 1.82) is 0 Å². The Hall–Kier alpha value is -2.28. The van der Waals surface area contributed by atoms with Gasteiger partial charge < -0.3 is 19.7 Å². The fourth-order valence-corrected chi connectivity index (χ4v) is 3.86. The first-order chi connectivity index (χ1) is 13.9. The van der Waals surface area contributed by atoms with Crippen LogP contribution >= 0.6 is 11.6 Å². The minimum atomic E-state index is -1.12. The third-order valence-electron chi connectivity index (χ3n) is 5.15. The summed E-state index contributed by atoms with van der Waals surface area (Å²) in [7, 11) is 0. The lowest BCUT2D eigenvalue weighted by Crippen LogP contribution is -2.39. The lowest BCUT2D eigenvalue weighted by atomic mass is 10.0. The van der Waals surface area contributed by atoms with Gasteiger partial charge in [-0.1, -0.05) is 29.8 Å². The van der Waals surface area contributed by atoms with Gasteiger partial charge in [-0.2, -0.15) is 0 Å². The third kappa shape index (κ3) is 4.83. The highest BCUT2D eigenvalue weighted by atomic mass is 35.5. The lowest BCUT2D eigenvalue weighted by molar-refractivity contribution is -0.140. The van der Waals surface area contributed by atoms with E-state index in [0.29, 0.717) is 28.7 Å². The van der Waals surface area contributed by atoms with Crippen molar-refractivity contribution in [1.82, 2.24) is 5.32 Å². The van der Waals surface area contributed by atoms with Crippen molar-refractivity contribution in [3.05, 3.63) is 57.6 Å². The molecule has 3 N–H and O–H groups in total. The molecule has 7 heteroatoms. The monoisotopic (exact) mass is 419 g/mol. The van der Waals surface area contributed by atoms with Crippen molar-refractivity contribution < 1.29 is 24.5 Å². The van der Waals surface area contributed by atoms with Crippen molar-refractivity contribution in [2.24, 2.45) is 0 Å². The minimum absolute atomic E-state index is 0.0633. The maximum Gasteiger partial charge on any atom is 0.323 e. The van der Waals surface area contributed by atoms with E-state index in [-0.39, 0.29) is 12.6 Å². The van der Waals surface area contributed by atoms with Gasteiger partial charge in [0.1, 0.15) is 23.6 Å². The van der Waals surface area contributed by atoms with Crippen LogP contribution in [-0.4, -0.2) is 35.4 Å². The van der Waals surface area contributed by atoms with Gasteiger partial charge in [0, 0.05) is 18.2 Å². The minimum Gasteiger partial charge on any atom is -0.493 e. The molecule has 0 spiro atoms. The van der Waals surface area contributed by atoms with E-state index in [4.69, 9.17) is 26.2 Å². The van der Waals surface area contributed by atoms with E-state index in [0.717, 1.165) is 12.8 Å². The van der Waals surface area contributed by atoms with Crippen LogP contribution in [-0.2, 0) is 17.8 Å². The zero-order chi connectivity index (χ0) is 21.0. The standard InChI is InChI=1S/C22H26ClNO5/c1-3-28-20-10-21(17(23)9-14(20)11-24-18(12-25)22(26)27)29-19-8-7-15-13(2)5-4-6-16(15)19/h4-6,9-10,18-19,24-25H,3,7-8,11-12H2,1-2H3,(H,26,27)/t18-,19+/m1/s1. The van der Waals surface area contributed by atoms with E-state index in [1.54, 1.807) is 12.1 Å². The Morgan fingerprint density at radius 1 is 1.34 bits per heavy atom. The highest BCUT2D eigenvalue weighted by Gasteiger charge is 2.26. The molecule has 29 heavy (non-hydrogen) atoms. The molecular formula is C22H26ClNO5. The van der Waals surface area contributed by atoms with Crippen LogP contribution in [0.1, 0.15) is 41.7 Å². The number of benzene rings is 2. The molecule has 2 aromatic rings. The second-order valence-corrected chi connectivity index (χ2v) is 7.47. The van der Waals surface area contributed by atoms with Gasteiger partial charge >= 0.3 is 5.97 Å². The molecule has 2 aromatic carbocycles. The Balaban J connectivity index is 1.81. The van der Waals surface area contributed by atoms with Crippen molar-refractivity contribution >= 4 is 17.6 Å². The first kappa shape index (κ1) is 21.4. The number of aliphatic carboxylic acids is 1. The second kappa shape index (κ2) is 9.48. The number of halogens is 1. The number of aliphatic hydroxyl groups is 1. The number of carboxylic acids is 1. The van der Waals surface area contributed by atoms with E-state index in [1.807, 2.05) is 13.0 Å². The van der Waals surface area contributed by atoms with Gasteiger partial charge in [-0.25, -0.2) is 0 Å². The quantitative estimate of drug-likeness (QED) is 0.575. The van der Waals surface area contributed by atoms with Crippen LogP contribution in [0.2, 0.25) is 5.02 Å². The summed E-state index contributed by atoms with van der Waals surface area (Å²) in [6.07, 6.45) is 1.80. The maximum atomic E-state index is 11.1. The molecule has 6 nitrogen and oxygen atoms in total. The van der Waals surface area contributed by atoms with Gasteiger partial charge in [-0.3, -0.25) is 10.1 Å². The molecule has 0 aliphatic heterocycles. The molecule has 1 aliphatic carbocycles. The molecule has 0 saturated carbocycles. The number of carbonyl (C=O) groups is 1. The molecule has 3 rings (SSSR count). The van der Waals surface area contributed by atoms with Crippen LogP contribution < -0.4 is 14.8 Å². The number of aryl methyl sites for hydroxylation is 1. The van der Waals surface area contributed by atoms with E-state index in [1.165, 1.54) is 16.7 Å². The molecule has 0 amide bonds. The number of carboxylic acid groups (broad SMARTS) is 1. The average Bonchev–Trinajstić information content (AvgIpc) is 3.09. The average molecular weight is 420 g/mol. The zero-order valence-electron chi connectivity index (χ0n) is 16.6. The number of rotatable bonds is 9. The van der Waals surface area contributed by atoms with Crippen LogP contribution in [0, 0.1) is 6.92 Å². The third-order valence-corrected chi connectivity index (χ3v) is 5.45. The molecule has 1 aliphatic rings. The predicted octanol–water partition coefficient (Wildman–Crippen LogP) is 3.65. The summed E-state index contributed by atoms with van der Waals surface area (Å²) in [4.78, 5) is 11.1. The summed E-state index contributed by atoms with van der Waals surface area (Å²) in [6, 6.07) is 8.66. The Kier molecular flexibility index (Phi) is 7.00. The zero-order valence-corrected chi connectivity index (χ0v) is 17.3. The van der Waals surface area contributed by atoms with Crippen molar-refractivity contribution in [3.63, 3.8) is 0 Å². The van der Waals surface area contributed by atoms with Crippen LogP contribution in [0.15, 0.2) is 30.3 Å². The summed E-state index contributed by atoms with van der Waals surface area (Å²) >= 11 is 6.48. The molecular weight excluding hydrogens is 394 g/mol. The molecule has 0 radical (unpaired) electrons. The molecule has 156 valence electrons. The smallest absolute Gasteiger partial charge is 0.323 e. The SMILES string of the molecule is CCOc1cc(O[C@H]2CCc3c(C)cccc32)c(Cl)cc1CN[C@H](CO)C(=O)O. The van der Waals surface area contributed by atoms with Crippen LogP contribution in [0.3, 0.4) is 0 Å². The summed E-state index contributed by atoms with van der Waals surface area (Å²) in [5.41, 5.74) is 4.50. The number of hydrogen-bond acceptors (Lipinski definition) is 5. The molecule has 0 unspecified atom stereocenters. The first-order valence-electron chi connectivity index (χ1n) is 9.71. The fraction of sp³-hybridized carbons (Fsp3) is 0.409. The highest BCUT2D eigenvalue weighted by Crippen LogP contribution is 2.40. The van der Waals surface area contributed by atoms with Gasteiger partial charge in [-0.15, -0.1) is 0 Å². The summed E-state index contributed by atoms with van der Waals surface area (Å²) in [6.45, 7) is 4.12. The molecule has 0 bridgehead atoms. The van der Waals surface area contributed by atoms with Crippen molar-refractivity contribution in [2.45, 2.75) is 45.4 Å². The van der Waals surface area contributed by atoms with Gasteiger partial charge in [-0.05, 0) is 49.4 Å². The highest BCUT2D eigenvalue weighted by molar-refractivity contribution is 6.32. The molecule has 0 aromatic heterocycles. The predicted molar refractivity (Wildman–Crippen MR) is 111 cm³/mol. The molecule has 0 fully saturated rings. The van der Waals surface area contributed by atoms with Gasteiger partial charge in [0.2, 0.25) is 0 Å². The van der Waals surface area contributed by atoms with E-state index in [9.17, 15) is 9.90 Å². The largest absolute Gasteiger partial charge is 0.493 e. The second-order valence-electron chi connectivity index (χ2n) is 7.07. The van der Waals surface area contributed by atoms with Gasteiger partial charge in [0.25, 0.3) is 0 Å². The molecule has 0 saturated heterocycles. The van der Waals surface area contributed by atoms with Crippen LogP contribution in [0.5, 0.6) is 11.5 Å². The molecule has 2 atom stereocenters. The number of hydrogen-bond donors (Lipinski definition) is 3. The van der Waals surface area contributed by atoms with Crippen LogP contribution in [0.4, 0.5) is 0 Å². The van der Waals surface area contributed by atoms with E-state index < -0.39 is 18.6 Å². The lowest BCUT2D eigenvalue weighted by Gasteiger charge is -2.20. The Labute approximate surface area is 175 Å². The number of fused-ring (bicyclic) bond motifs is 1. The van der Waals surface area contributed by atoms with E-state index in [2.05, 4.69) is 24.4 Å². The fourth-order valence-electron chi connectivity index (χ4n) is 3.63. The number of ether oxygens (including phenoxy) is 2. The summed E-state index contributed by atoms with van der Waals surface area (Å²) < 4.78 is 12.0. The summed E-state index contributed by atoms with van der Waals surface area (Å²) in [5, 5.41) is 21.5. The van der Waals surface area contributed by atoms with Gasteiger partial charge in [0.15, 0.2) is 0 Å². The summed E-state index contributed by atoms with van der Waals surface area (Å²) in [5.74, 6) is -0.00851. The van der Waals surface area contributed by atoms with Gasteiger partial charge in [0.05, 0.1) is 18.2 Å². The van der Waals surface area contributed by atoms with E-state index >= 15 is 0 Å². The van der Waals surface area contributed by atoms with Crippen molar-refractivity contribution in [3.8, 4) is 11.5 Å².